The number of nitrogens with two attached hydrogens (primary N) is 1. The molecule has 1 aliphatic rings. The Labute approximate surface area is 123 Å². The molecule has 0 heterocycles. The molecular formula is C13H19N3O4S. The van der Waals surface area contributed by atoms with Crippen molar-refractivity contribution in [3.63, 3.8) is 0 Å². The zero-order valence-electron chi connectivity index (χ0n) is 11.8. The Hall–Kier alpha value is -1.67. The van der Waals surface area contributed by atoms with E-state index in [4.69, 9.17) is 5.73 Å². The van der Waals surface area contributed by atoms with Crippen LogP contribution in [0.3, 0.4) is 0 Å². The van der Waals surface area contributed by atoms with Crippen LogP contribution in [0.25, 0.3) is 0 Å². The molecule has 7 nitrogen and oxygen atoms in total. The van der Waals surface area contributed by atoms with E-state index in [-0.39, 0.29) is 10.6 Å². The van der Waals surface area contributed by atoms with Crippen LogP contribution in [-0.2, 0) is 10.0 Å². The summed E-state index contributed by atoms with van der Waals surface area (Å²) in [5.74, 6) is 0. The van der Waals surface area contributed by atoms with Crippen LogP contribution in [0.2, 0.25) is 0 Å². The lowest BCUT2D eigenvalue weighted by Gasteiger charge is -2.34. The third kappa shape index (κ3) is 3.33. The summed E-state index contributed by atoms with van der Waals surface area (Å²) in [5, 5.41) is 11.1. The number of benzene rings is 1. The average Bonchev–Trinajstić information content (AvgIpc) is 2.37. The number of para-hydroxylation sites is 1. The summed E-state index contributed by atoms with van der Waals surface area (Å²) in [4.78, 5) is 9.96. The van der Waals surface area contributed by atoms with E-state index in [1.807, 2.05) is 6.92 Å². The minimum absolute atomic E-state index is 0.156. The summed E-state index contributed by atoms with van der Waals surface area (Å²) in [5.41, 5.74) is 4.27. The Morgan fingerprint density at radius 2 is 1.90 bits per heavy atom. The average molecular weight is 313 g/mol. The van der Waals surface area contributed by atoms with Crippen molar-refractivity contribution in [1.82, 2.24) is 4.72 Å². The molecule has 0 aromatic heterocycles. The molecule has 0 unspecified atom stereocenters. The first-order valence-corrected chi connectivity index (χ1v) is 8.30. The van der Waals surface area contributed by atoms with E-state index >= 15 is 0 Å². The van der Waals surface area contributed by atoms with Gasteiger partial charge in [-0.1, -0.05) is 25.3 Å². The van der Waals surface area contributed by atoms with Crippen LogP contribution in [0.5, 0.6) is 0 Å². The molecule has 0 bridgehead atoms. The lowest BCUT2D eigenvalue weighted by Crippen LogP contribution is -2.47. The maximum Gasteiger partial charge on any atom is 0.312 e. The number of sulfonamides is 1. The van der Waals surface area contributed by atoms with E-state index in [9.17, 15) is 18.5 Å². The van der Waals surface area contributed by atoms with Crippen molar-refractivity contribution in [2.75, 3.05) is 5.73 Å². The molecule has 2 rings (SSSR count). The van der Waals surface area contributed by atoms with Gasteiger partial charge in [-0.05, 0) is 31.9 Å². The fourth-order valence-electron chi connectivity index (χ4n) is 2.77. The first-order chi connectivity index (χ1) is 9.75. The van der Waals surface area contributed by atoms with Gasteiger partial charge in [-0.2, -0.15) is 0 Å². The first kappa shape index (κ1) is 15.7. The Bertz CT molecular complexity index is 651. The maximum atomic E-state index is 12.5. The number of nitrogens with one attached hydrogen (secondary N) is 1. The number of hydrogen-bond acceptors (Lipinski definition) is 5. The molecule has 0 amide bonds. The lowest BCUT2D eigenvalue weighted by atomic mass is 9.84. The molecule has 1 aliphatic carbocycles. The molecular weight excluding hydrogens is 294 g/mol. The number of nitro groups is 1. The molecule has 0 aliphatic heterocycles. The highest BCUT2D eigenvalue weighted by Gasteiger charge is 2.35. The van der Waals surface area contributed by atoms with Crippen molar-refractivity contribution in [2.24, 2.45) is 0 Å². The molecule has 116 valence electrons. The highest BCUT2D eigenvalue weighted by Crippen LogP contribution is 2.33. The predicted octanol–water partition coefficient (Wildman–Crippen LogP) is 2.18. The van der Waals surface area contributed by atoms with Crippen molar-refractivity contribution >= 4 is 21.4 Å². The number of rotatable bonds is 4. The van der Waals surface area contributed by atoms with Gasteiger partial charge in [0.1, 0.15) is 5.69 Å². The maximum absolute atomic E-state index is 12.5. The quantitative estimate of drug-likeness (QED) is 0.502. The van der Waals surface area contributed by atoms with Gasteiger partial charge in [0.2, 0.25) is 10.0 Å². The van der Waals surface area contributed by atoms with Crippen molar-refractivity contribution in [3.8, 4) is 0 Å². The molecule has 1 aromatic rings. The third-order valence-electron chi connectivity index (χ3n) is 3.84. The van der Waals surface area contributed by atoms with E-state index in [2.05, 4.69) is 4.72 Å². The Kier molecular flexibility index (Phi) is 4.20. The van der Waals surface area contributed by atoms with Gasteiger partial charge in [0, 0.05) is 5.54 Å². The largest absolute Gasteiger partial charge is 0.393 e. The number of hydrogen-bond donors (Lipinski definition) is 2. The zero-order valence-corrected chi connectivity index (χ0v) is 12.6. The summed E-state index contributed by atoms with van der Waals surface area (Å²) in [6, 6.07) is 3.93. The monoisotopic (exact) mass is 313 g/mol. The van der Waals surface area contributed by atoms with Gasteiger partial charge >= 0.3 is 5.69 Å². The van der Waals surface area contributed by atoms with Gasteiger partial charge in [-0.25, -0.2) is 13.1 Å². The molecule has 0 radical (unpaired) electrons. The van der Waals surface area contributed by atoms with Crippen LogP contribution in [0.4, 0.5) is 11.4 Å². The van der Waals surface area contributed by atoms with Crippen molar-refractivity contribution in [1.29, 1.82) is 0 Å². The Morgan fingerprint density at radius 3 is 2.48 bits per heavy atom. The Morgan fingerprint density at radius 1 is 1.29 bits per heavy atom. The van der Waals surface area contributed by atoms with Gasteiger partial charge in [0.15, 0.2) is 4.90 Å². The van der Waals surface area contributed by atoms with E-state index in [1.54, 1.807) is 0 Å². The van der Waals surface area contributed by atoms with Crippen LogP contribution in [0.15, 0.2) is 23.1 Å². The normalized spacial score (nSPS) is 18.3. The second kappa shape index (κ2) is 5.61. The molecule has 0 saturated heterocycles. The van der Waals surface area contributed by atoms with Crippen molar-refractivity contribution in [3.05, 3.63) is 28.3 Å². The first-order valence-electron chi connectivity index (χ1n) is 6.82. The zero-order chi connectivity index (χ0) is 15.7. The van der Waals surface area contributed by atoms with Gasteiger partial charge in [0.05, 0.1) is 4.92 Å². The smallest absolute Gasteiger partial charge is 0.312 e. The fraction of sp³-hybridized carbons (Fsp3) is 0.538. The number of nitrogen functional groups attached to an aromatic ring is 1. The van der Waals surface area contributed by atoms with Gasteiger partial charge in [0.25, 0.3) is 0 Å². The molecule has 1 fully saturated rings. The highest BCUT2D eigenvalue weighted by atomic mass is 32.2. The van der Waals surface area contributed by atoms with E-state index in [0.717, 1.165) is 32.1 Å². The third-order valence-corrected chi connectivity index (χ3v) is 5.51. The molecule has 21 heavy (non-hydrogen) atoms. The molecule has 3 N–H and O–H groups in total. The molecule has 1 aromatic carbocycles. The van der Waals surface area contributed by atoms with Gasteiger partial charge in [-0.15, -0.1) is 0 Å². The topological polar surface area (TPSA) is 115 Å². The molecule has 1 saturated carbocycles. The van der Waals surface area contributed by atoms with Gasteiger partial charge < -0.3 is 5.73 Å². The highest BCUT2D eigenvalue weighted by molar-refractivity contribution is 7.89. The molecule has 0 atom stereocenters. The lowest BCUT2D eigenvalue weighted by molar-refractivity contribution is -0.386. The summed E-state index contributed by atoms with van der Waals surface area (Å²) >= 11 is 0. The van der Waals surface area contributed by atoms with Crippen molar-refractivity contribution < 1.29 is 13.3 Å². The minimum Gasteiger partial charge on any atom is -0.393 e. The van der Waals surface area contributed by atoms with Crippen molar-refractivity contribution in [2.45, 2.75) is 49.5 Å². The number of anilines is 1. The van der Waals surface area contributed by atoms with Crippen LogP contribution in [0, 0.1) is 10.1 Å². The second-order valence-electron chi connectivity index (χ2n) is 5.68. The van der Waals surface area contributed by atoms with Crippen LogP contribution < -0.4 is 10.5 Å². The van der Waals surface area contributed by atoms with E-state index in [0.29, 0.717) is 0 Å². The van der Waals surface area contributed by atoms with Crippen LogP contribution in [0.1, 0.15) is 39.0 Å². The Balaban J connectivity index is 2.40. The minimum atomic E-state index is -3.99. The van der Waals surface area contributed by atoms with Crippen LogP contribution in [-0.4, -0.2) is 18.9 Å². The van der Waals surface area contributed by atoms with E-state index < -0.39 is 26.2 Å². The van der Waals surface area contributed by atoms with E-state index in [1.165, 1.54) is 18.2 Å². The van der Waals surface area contributed by atoms with Crippen LogP contribution >= 0.6 is 0 Å². The predicted molar refractivity (Wildman–Crippen MR) is 79.3 cm³/mol. The van der Waals surface area contributed by atoms with Gasteiger partial charge in [-0.3, -0.25) is 10.1 Å². The SMILES string of the molecule is CC1(NS(=O)(=O)c2cccc(N)c2[N+](=O)[O-])CCCCC1. The number of nitrogens with zero attached hydrogens (tertiary/aromatic N) is 1. The second-order valence-corrected chi connectivity index (χ2v) is 7.33. The number of nitro benzene ring substituents is 1. The molecule has 0 spiro atoms. The summed E-state index contributed by atoms with van der Waals surface area (Å²) < 4.78 is 27.6. The summed E-state index contributed by atoms with van der Waals surface area (Å²) in [6.07, 6.45) is 4.41. The fourth-order valence-corrected chi connectivity index (χ4v) is 4.43. The standard InChI is InChI=1S/C13H19N3O4S/c1-13(8-3-2-4-9-13)15-21(19,20)11-7-5-6-10(14)12(11)16(17)18/h5-7,15H,2-4,8-9,14H2,1H3. The molecule has 8 heteroatoms. The summed E-state index contributed by atoms with van der Waals surface area (Å²) in [7, 11) is -3.99. The summed E-state index contributed by atoms with van der Waals surface area (Å²) in [6.45, 7) is 1.84.